The lowest BCUT2D eigenvalue weighted by molar-refractivity contribution is -0.142. The Morgan fingerprint density at radius 1 is 1.41 bits per heavy atom. The number of para-hydroxylation sites is 2. The Morgan fingerprint density at radius 2 is 2.09 bits per heavy atom. The molecule has 1 aliphatic heterocycles. The van der Waals surface area contributed by atoms with E-state index < -0.39 is 17.5 Å². The lowest BCUT2D eigenvalue weighted by Gasteiger charge is -2.30. The normalized spacial score (nSPS) is 20.5. The minimum atomic E-state index is -1.38. The fourth-order valence-electron chi connectivity index (χ4n) is 2.29. The lowest BCUT2D eigenvalue weighted by Crippen LogP contribution is -2.47. The van der Waals surface area contributed by atoms with Crippen molar-refractivity contribution in [2.75, 3.05) is 18.7 Å². The van der Waals surface area contributed by atoms with Gasteiger partial charge in [-0.05, 0) is 26.0 Å². The summed E-state index contributed by atoms with van der Waals surface area (Å²) in [6.07, 6.45) is -0.0424. The van der Waals surface area contributed by atoms with Crippen molar-refractivity contribution < 1.29 is 24.2 Å². The van der Waals surface area contributed by atoms with Gasteiger partial charge in [-0.15, -0.1) is 0 Å². The van der Waals surface area contributed by atoms with Crippen LogP contribution in [0.3, 0.4) is 0 Å². The molecular formula is C15H18N2O5. The zero-order chi connectivity index (χ0) is 16.3. The van der Waals surface area contributed by atoms with Gasteiger partial charge < -0.3 is 14.6 Å². The number of rotatable bonds is 5. The fourth-order valence-corrected chi connectivity index (χ4v) is 2.29. The van der Waals surface area contributed by atoms with Crippen LogP contribution < -0.4 is 9.75 Å². The largest absolute Gasteiger partial charge is 0.495 e. The Kier molecular flexibility index (Phi) is 4.35. The maximum atomic E-state index is 11.9. The fraction of sp³-hybridized carbons (Fsp3) is 0.400. The number of aliphatic carboxylic acids is 1. The Morgan fingerprint density at radius 3 is 2.68 bits per heavy atom. The van der Waals surface area contributed by atoms with Crippen LogP contribution in [0.1, 0.15) is 20.3 Å². The number of esters is 1. The van der Waals surface area contributed by atoms with Crippen LogP contribution in [0, 0.1) is 0 Å². The standard InChI is InChI=1S/C15H18N2O5/c1-4-22-13(18)10-9-15(2,14(19)20)17(16-10)11-7-5-6-8-12(11)21-3/h5-8H,4,9H2,1-3H3,(H,19,20). The zero-order valence-corrected chi connectivity index (χ0v) is 12.7. The van der Waals surface area contributed by atoms with Crippen molar-refractivity contribution in [3.63, 3.8) is 0 Å². The molecule has 7 nitrogen and oxygen atoms in total. The molecule has 7 heteroatoms. The summed E-state index contributed by atoms with van der Waals surface area (Å²) in [7, 11) is 1.49. The van der Waals surface area contributed by atoms with Crippen molar-refractivity contribution in [2.24, 2.45) is 5.10 Å². The van der Waals surface area contributed by atoms with Crippen LogP contribution in [0.4, 0.5) is 5.69 Å². The second-order valence-corrected chi connectivity index (χ2v) is 5.01. The van der Waals surface area contributed by atoms with E-state index >= 15 is 0 Å². The van der Waals surface area contributed by atoms with Gasteiger partial charge in [0, 0.05) is 6.42 Å². The van der Waals surface area contributed by atoms with E-state index in [9.17, 15) is 14.7 Å². The highest BCUT2D eigenvalue weighted by atomic mass is 16.5. The summed E-state index contributed by atoms with van der Waals surface area (Å²) in [5.41, 5.74) is -0.816. The molecule has 0 amide bonds. The molecule has 118 valence electrons. The van der Waals surface area contributed by atoms with E-state index in [1.54, 1.807) is 31.2 Å². The predicted molar refractivity (Wildman–Crippen MR) is 80.2 cm³/mol. The molecule has 0 radical (unpaired) electrons. The zero-order valence-electron chi connectivity index (χ0n) is 12.7. The summed E-state index contributed by atoms with van der Waals surface area (Å²) in [5.74, 6) is -1.21. The van der Waals surface area contributed by atoms with Crippen molar-refractivity contribution in [1.29, 1.82) is 0 Å². The summed E-state index contributed by atoms with van der Waals surface area (Å²) in [5, 5.41) is 15.1. The number of carbonyl (C=O) groups is 2. The number of carboxylic acid groups (broad SMARTS) is 1. The van der Waals surface area contributed by atoms with Crippen molar-refractivity contribution >= 4 is 23.3 Å². The van der Waals surface area contributed by atoms with Gasteiger partial charge in [-0.1, -0.05) is 12.1 Å². The van der Waals surface area contributed by atoms with Crippen LogP contribution in [-0.4, -0.2) is 42.0 Å². The van der Waals surface area contributed by atoms with E-state index in [0.717, 1.165) is 0 Å². The molecule has 1 heterocycles. The first-order valence-corrected chi connectivity index (χ1v) is 6.85. The molecule has 0 saturated carbocycles. The number of carbonyl (C=O) groups excluding carboxylic acids is 1. The van der Waals surface area contributed by atoms with E-state index in [2.05, 4.69) is 5.10 Å². The monoisotopic (exact) mass is 306 g/mol. The molecule has 2 rings (SSSR count). The second-order valence-electron chi connectivity index (χ2n) is 5.01. The number of anilines is 1. The number of hydrazone groups is 1. The molecular weight excluding hydrogens is 288 g/mol. The Balaban J connectivity index is 2.48. The lowest BCUT2D eigenvalue weighted by atomic mass is 9.95. The van der Waals surface area contributed by atoms with Gasteiger partial charge in [0.2, 0.25) is 0 Å². The number of nitrogens with zero attached hydrogens (tertiary/aromatic N) is 2. The van der Waals surface area contributed by atoms with Crippen LogP contribution >= 0.6 is 0 Å². The van der Waals surface area contributed by atoms with E-state index in [1.165, 1.54) is 19.0 Å². The molecule has 0 aliphatic carbocycles. The molecule has 1 N–H and O–H groups in total. The van der Waals surface area contributed by atoms with Gasteiger partial charge in [0.1, 0.15) is 17.1 Å². The van der Waals surface area contributed by atoms with E-state index in [0.29, 0.717) is 11.4 Å². The Bertz CT molecular complexity index is 628. The summed E-state index contributed by atoms with van der Waals surface area (Å²) in [6.45, 7) is 3.40. The molecule has 22 heavy (non-hydrogen) atoms. The van der Waals surface area contributed by atoms with Crippen LogP contribution in [-0.2, 0) is 14.3 Å². The number of methoxy groups -OCH3 is 1. The summed E-state index contributed by atoms with van der Waals surface area (Å²) in [4.78, 5) is 23.6. The number of carboxylic acids is 1. The summed E-state index contributed by atoms with van der Waals surface area (Å²) in [6, 6.07) is 6.91. The Hall–Kier alpha value is -2.57. The number of benzene rings is 1. The van der Waals surface area contributed by atoms with E-state index in [1.807, 2.05) is 0 Å². The molecule has 1 aromatic carbocycles. The summed E-state index contributed by atoms with van der Waals surface area (Å²) < 4.78 is 10.2. The van der Waals surface area contributed by atoms with Crippen molar-refractivity contribution in [3.8, 4) is 5.75 Å². The number of hydrogen-bond donors (Lipinski definition) is 1. The minimum Gasteiger partial charge on any atom is -0.495 e. The van der Waals surface area contributed by atoms with Crippen molar-refractivity contribution in [3.05, 3.63) is 24.3 Å². The molecule has 1 unspecified atom stereocenters. The highest BCUT2D eigenvalue weighted by molar-refractivity contribution is 6.38. The van der Waals surface area contributed by atoms with Gasteiger partial charge in [-0.2, -0.15) is 5.10 Å². The first-order valence-electron chi connectivity index (χ1n) is 6.85. The highest BCUT2D eigenvalue weighted by Gasteiger charge is 2.48. The number of ether oxygens (including phenoxy) is 2. The first-order chi connectivity index (χ1) is 10.4. The minimum absolute atomic E-state index is 0.0424. The van der Waals surface area contributed by atoms with Crippen molar-refractivity contribution in [2.45, 2.75) is 25.8 Å². The maximum absolute atomic E-state index is 11.9. The smallest absolute Gasteiger partial charge is 0.354 e. The van der Waals surface area contributed by atoms with Crippen LogP contribution in [0.2, 0.25) is 0 Å². The molecule has 0 aromatic heterocycles. The average molecular weight is 306 g/mol. The number of hydrogen-bond acceptors (Lipinski definition) is 6. The van der Waals surface area contributed by atoms with Gasteiger partial charge in [0.25, 0.3) is 0 Å². The van der Waals surface area contributed by atoms with E-state index in [4.69, 9.17) is 9.47 Å². The van der Waals surface area contributed by atoms with Gasteiger partial charge in [0.05, 0.1) is 13.7 Å². The molecule has 1 aromatic rings. The highest BCUT2D eigenvalue weighted by Crippen LogP contribution is 2.38. The summed E-state index contributed by atoms with van der Waals surface area (Å²) >= 11 is 0. The van der Waals surface area contributed by atoms with Gasteiger partial charge >= 0.3 is 11.9 Å². The van der Waals surface area contributed by atoms with E-state index in [-0.39, 0.29) is 18.7 Å². The predicted octanol–water partition coefficient (Wildman–Crippen LogP) is 1.67. The van der Waals surface area contributed by atoms with Crippen LogP contribution in [0.5, 0.6) is 5.75 Å². The van der Waals surface area contributed by atoms with Crippen molar-refractivity contribution in [1.82, 2.24) is 0 Å². The third-order valence-electron chi connectivity index (χ3n) is 3.48. The molecule has 0 saturated heterocycles. The van der Waals surface area contributed by atoms with Crippen LogP contribution in [0.25, 0.3) is 0 Å². The molecule has 0 fully saturated rings. The molecule has 0 bridgehead atoms. The molecule has 1 aliphatic rings. The third kappa shape index (κ3) is 2.61. The average Bonchev–Trinajstić information content (AvgIpc) is 2.87. The van der Waals surface area contributed by atoms with Gasteiger partial charge in [-0.25, -0.2) is 14.6 Å². The van der Waals surface area contributed by atoms with Crippen LogP contribution in [0.15, 0.2) is 29.4 Å². The topological polar surface area (TPSA) is 88.4 Å². The molecule has 0 spiro atoms. The Labute approximate surface area is 128 Å². The third-order valence-corrected chi connectivity index (χ3v) is 3.48. The quantitative estimate of drug-likeness (QED) is 0.832. The van der Waals surface area contributed by atoms with Gasteiger partial charge in [0.15, 0.2) is 5.54 Å². The maximum Gasteiger partial charge on any atom is 0.354 e. The van der Waals surface area contributed by atoms with Gasteiger partial charge in [-0.3, -0.25) is 0 Å². The SMILES string of the molecule is CCOC(=O)C1=NN(c2ccccc2OC)C(C)(C(=O)O)C1. The first kappa shape index (κ1) is 15.8. The second kappa shape index (κ2) is 6.05. The molecule has 1 atom stereocenters.